The Morgan fingerprint density at radius 3 is 1.57 bits per heavy atom. The van der Waals surface area contributed by atoms with Crippen LogP contribution >= 0.6 is 0 Å². The minimum Gasteiger partial charge on any atom is -0.399 e. The third kappa shape index (κ3) is 3.68. The Morgan fingerprint density at radius 2 is 1.09 bits per heavy atom. The number of rotatable bonds is 2. The fraction of sp³-hybridized carbons (Fsp3) is 0.400. The normalized spacial score (nSPS) is 18.3. The number of benzene rings is 2. The van der Waals surface area contributed by atoms with Crippen molar-refractivity contribution in [3.8, 4) is 11.1 Å². The van der Waals surface area contributed by atoms with Crippen LogP contribution in [-0.4, -0.2) is 18.3 Å². The zero-order valence-electron chi connectivity index (χ0n) is 15.1. The molecule has 23 heavy (non-hydrogen) atoms. The largest absolute Gasteiger partial charge is 0.494 e. The van der Waals surface area contributed by atoms with Gasteiger partial charge in [-0.15, -0.1) is 0 Å². The van der Waals surface area contributed by atoms with E-state index in [0.717, 1.165) is 5.46 Å². The van der Waals surface area contributed by atoms with Crippen LogP contribution in [0.5, 0.6) is 0 Å². The summed E-state index contributed by atoms with van der Waals surface area (Å²) >= 11 is 0. The molecule has 0 bridgehead atoms. The van der Waals surface area contributed by atoms with E-state index in [1.165, 1.54) is 11.1 Å². The molecule has 0 amide bonds. The summed E-state index contributed by atoms with van der Waals surface area (Å²) < 4.78 is 12.1. The van der Waals surface area contributed by atoms with E-state index in [1.54, 1.807) is 0 Å². The standard InChI is InChI=1S/C18H21BO2.C2H6/c1-17(2)18(3,4)21-19(20-17)16-12-10-15(11-13-16)14-8-6-5-7-9-14;1-2/h5-13H,1-4H3;1-2H3. The Bertz CT molecular complexity index is 602. The van der Waals surface area contributed by atoms with Crippen LogP contribution in [0.15, 0.2) is 54.6 Å². The van der Waals surface area contributed by atoms with Crippen molar-refractivity contribution < 1.29 is 9.31 Å². The molecule has 0 atom stereocenters. The van der Waals surface area contributed by atoms with Gasteiger partial charge in [-0.3, -0.25) is 0 Å². The highest BCUT2D eigenvalue weighted by Gasteiger charge is 2.51. The van der Waals surface area contributed by atoms with Crippen LogP contribution in [0.3, 0.4) is 0 Å². The Morgan fingerprint density at radius 1 is 0.652 bits per heavy atom. The molecule has 0 N–H and O–H groups in total. The lowest BCUT2D eigenvalue weighted by molar-refractivity contribution is 0.00578. The Labute approximate surface area is 141 Å². The molecule has 2 nitrogen and oxygen atoms in total. The summed E-state index contributed by atoms with van der Waals surface area (Å²) in [6.45, 7) is 12.3. The first kappa shape index (κ1) is 17.8. The van der Waals surface area contributed by atoms with Gasteiger partial charge in [-0.1, -0.05) is 68.4 Å². The number of hydrogen-bond donors (Lipinski definition) is 0. The van der Waals surface area contributed by atoms with Crippen molar-refractivity contribution in [3.05, 3.63) is 54.6 Å². The summed E-state index contributed by atoms with van der Waals surface area (Å²) in [5.74, 6) is 0. The van der Waals surface area contributed by atoms with Crippen LogP contribution in [0, 0.1) is 0 Å². The maximum atomic E-state index is 6.07. The summed E-state index contributed by atoms with van der Waals surface area (Å²) in [7, 11) is -0.292. The van der Waals surface area contributed by atoms with Gasteiger partial charge in [0.15, 0.2) is 0 Å². The molecular weight excluding hydrogens is 283 g/mol. The summed E-state index contributed by atoms with van der Waals surface area (Å²) in [6, 6.07) is 18.8. The predicted molar refractivity (Wildman–Crippen MR) is 98.9 cm³/mol. The first-order valence-electron chi connectivity index (χ1n) is 8.40. The van der Waals surface area contributed by atoms with E-state index in [0.29, 0.717) is 0 Å². The second kappa shape index (κ2) is 6.90. The lowest BCUT2D eigenvalue weighted by Gasteiger charge is -2.32. The van der Waals surface area contributed by atoms with Crippen molar-refractivity contribution >= 4 is 12.6 Å². The summed E-state index contributed by atoms with van der Waals surface area (Å²) in [6.07, 6.45) is 0. The molecule has 1 aliphatic rings. The highest BCUT2D eigenvalue weighted by molar-refractivity contribution is 6.62. The van der Waals surface area contributed by atoms with Crippen molar-refractivity contribution in [3.63, 3.8) is 0 Å². The molecule has 0 aromatic heterocycles. The average molecular weight is 310 g/mol. The van der Waals surface area contributed by atoms with Gasteiger partial charge < -0.3 is 9.31 Å². The smallest absolute Gasteiger partial charge is 0.399 e. The van der Waals surface area contributed by atoms with Crippen molar-refractivity contribution in [2.24, 2.45) is 0 Å². The van der Waals surface area contributed by atoms with Gasteiger partial charge in [0.25, 0.3) is 0 Å². The SMILES string of the molecule is CC.CC1(C)OB(c2ccc(-c3ccccc3)cc2)OC1(C)C. The zero-order chi connectivity index (χ0) is 17.1. The van der Waals surface area contributed by atoms with Crippen molar-refractivity contribution in [1.82, 2.24) is 0 Å². The molecule has 0 radical (unpaired) electrons. The second-order valence-electron chi connectivity index (χ2n) is 6.58. The van der Waals surface area contributed by atoms with Gasteiger partial charge in [-0.25, -0.2) is 0 Å². The van der Waals surface area contributed by atoms with Gasteiger partial charge in [-0.2, -0.15) is 0 Å². The summed E-state index contributed by atoms with van der Waals surface area (Å²) in [5.41, 5.74) is 2.90. The molecule has 3 rings (SSSR count). The molecule has 1 saturated heterocycles. The molecule has 0 spiro atoms. The van der Waals surface area contributed by atoms with E-state index in [9.17, 15) is 0 Å². The number of hydrogen-bond acceptors (Lipinski definition) is 2. The van der Waals surface area contributed by atoms with Gasteiger partial charge >= 0.3 is 7.12 Å². The third-order valence-electron chi connectivity index (χ3n) is 4.54. The molecule has 2 aromatic carbocycles. The van der Waals surface area contributed by atoms with Gasteiger partial charge in [0, 0.05) is 0 Å². The Hall–Kier alpha value is -1.58. The first-order chi connectivity index (χ1) is 10.9. The second-order valence-corrected chi connectivity index (χ2v) is 6.58. The van der Waals surface area contributed by atoms with E-state index < -0.39 is 0 Å². The maximum Gasteiger partial charge on any atom is 0.494 e. The fourth-order valence-electron chi connectivity index (χ4n) is 2.44. The molecule has 2 aromatic rings. The van der Waals surface area contributed by atoms with E-state index >= 15 is 0 Å². The first-order valence-corrected chi connectivity index (χ1v) is 8.40. The third-order valence-corrected chi connectivity index (χ3v) is 4.54. The zero-order valence-corrected chi connectivity index (χ0v) is 15.1. The average Bonchev–Trinajstić information content (AvgIpc) is 2.78. The van der Waals surface area contributed by atoms with Crippen LogP contribution < -0.4 is 5.46 Å². The Balaban J connectivity index is 0.000000924. The quantitative estimate of drug-likeness (QED) is 0.750. The molecule has 0 aliphatic carbocycles. The summed E-state index contributed by atoms with van der Waals surface area (Å²) in [4.78, 5) is 0. The van der Waals surface area contributed by atoms with Crippen molar-refractivity contribution in [2.45, 2.75) is 52.7 Å². The van der Waals surface area contributed by atoms with Crippen LogP contribution in [0.1, 0.15) is 41.5 Å². The van der Waals surface area contributed by atoms with E-state index in [-0.39, 0.29) is 18.3 Å². The highest BCUT2D eigenvalue weighted by Crippen LogP contribution is 2.36. The lowest BCUT2D eigenvalue weighted by Crippen LogP contribution is -2.41. The highest BCUT2D eigenvalue weighted by atomic mass is 16.7. The topological polar surface area (TPSA) is 18.5 Å². The lowest BCUT2D eigenvalue weighted by atomic mass is 9.78. The fourth-order valence-corrected chi connectivity index (χ4v) is 2.44. The van der Waals surface area contributed by atoms with E-state index in [2.05, 4.69) is 76.2 Å². The Kier molecular flexibility index (Phi) is 5.33. The van der Waals surface area contributed by atoms with E-state index in [1.807, 2.05) is 19.9 Å². The van der Waals surface area contributed by atoms with Gasteiger partial charge in [-0.05, 0) is 44.3 Å². The molecule has 1 fully saturated rings. The van der Waals surface area contributed by atoms with Crippen LogP contribution in [0.4, 0.5) is 0 Å². The molecule has 0 unspecified atom stereocenters. The van der Waals surface area contributed by atoms with Gasteiger partial charge in [0.1, 0.15) is 0 Å². The van der Waals surface area contributed by atoms with Gasteiger partial charge in [0.05, 0.1) is 11.2 Å². The summed E-state index contributed by atoms with van der Waals surface area (Å²) in [5, 5.41) is 0. The molecular formula is C20H27BO2. The molecule has 0 saturated carbocycles. The van der Waals surface area contributed by atoms with E-state index in [4.69, 9.17) is 9.31 Å². The minimum absolute atomic E-state index is 0.292. The molecule has 1 aliphatic heterocycles. The van der Waals surface area contributed by atoms with Crippen LogP contribution in [0.25, 0.3) is 11.1 Å². The minimum atomic E-state index is -0.296. The van der Waals surface area contributed by atoms with Gasteiger partial charge in [0.2, 0.25) is 0 Å². The van der Waals surface area contributed by atoms with Crippen LogP contribution in [0.2, 0.25) is 0 Å². The maximum absolute atomic E-state index is 6.07. The van der Waals surface area contributed by atoms with Crippen molar-refractivity contribution in [1.29, 1.82) is 0 Å². The molecule has 3 heteroatoms. The molecule has 1 heterocycles. The molecule has 122 valence electrons. The van der Waals surface area contributed by atoms with Crippen LogP contribution in [-0.2, 0) is 9.31 Å². The predicted octanol–water partition coefficient (Wildman–Crippen LogP) is 4.68. The van der Waals surface area contributed by atoms with Crippen molar-refractivity contribution in [2.75, 3.05) is 0 Å². The monoisotopic (exact) mass is 310 g/mol.